The number of nitro benzene ring substituents is 1. The number of ether oxygens (including phenoxy) is 1. The molecule has 0 atom stereocenters. The number of para-hydroxylation sites is 2. The Kier molecular flexibility index (Phi) is 5.29. The van der Waals surface area contributed by atoms with Crippen LogP contribution in [0.3, 0.4) is 0 Å². The van der Waals surface area contributed by atoms with Gasteiger partial charge in [-0.15, -0.1) is 0 Å². The van der Waals surface area contributed by atoms with Gasteiger partial charge in [0.25, 0.3) is 11.6 Å². The summed E-state index contributed by atoms with van der Waals surface area (Å²) in [5, 5.41) is 11.2. The first-order valence-electron chi connectivity index (χ1n) is 10.7. The fraction of sp³-hybridized carbons (Fsp3) is 0.318. The van der Waals surface area contributed by atoms with Gasteiger partial charge in [-0.1, -0.05) is 12.1 Å². The lowest BCUT2D eigenvalue weighted by Gasteiger charge is -2.30. The van der Waals surface area contributed by atoms with Crippen molar-refractivity contribution in [2.24, 2.45) is 0 Å². The summed E-state index contributed by atoms with van der Waals surface area (Å²) < 4.78 is 5.38. The van der Waals surface area contributed by atoms with Crippen LogP contribution in [0.4, 0.5) is 17.3 Å². The summed E-state index contributed by atoms with van der Waals surface area (Å²) in [5.41, 5.74) is 1.93. The molecule has 0 unspecified atom stereocenters. The molecule has 11 heteroatoms. The Labute approximate surface area is 188 Å². The number of aromatic amines is 1. The van der Waals surface area contributed by atoms with Crippen molar-refractivity contribution in [2.45, 2.75) is 6.42 Å². The van der Waals surface area contributed by atoms with E-state index in [9.17, 15) is 19.7 Å². The predicted octanol–water partition coefficient (Wildman–Crippen LogP) is 1.94. The molecule has 11 nitrogen and oxygen atoms in total. The molecule has 2 aliphatic rings. The normalized spacial score (nSPS) is 16.4. The second kappa shape index (κ2) is 8.41. The molecule has 3 aromatic rings. The van der Waals surface area contributed by atoms with Gasteiger partial charge in [0.05, 0.1) is 21.6 Å². The fourth-order valence-electron chi connectivity index (χ4n) is 4.18. The summed E-state index contributed by atoms with van der Waals surface area (Å²) in [6.07, 6.45) is 0.752. The molecule has 2 aromatic carbocycles. The third kappa shape index (κ3) is 4.04. The number of anilines is 2. The standard InChI is InChI=1S/C22H22N6O5/c29-20(13-27-18-12-15(28(31)32)6-7-19(18)33-14-21(27)30)25-8-3-9-26(11-10-25)22-23-16-4-1-2-5-17(16)24-22/h1-2,4-7,12H,3,8-11,13-14H2,(H,23,24). The van der Waals surface area contributed by atoms with Gasteiger partial charge in [-0.2, -0.15) is 0 Å². The molecule has 33 heavy (non-hydrogen) atoms. The maximum atomic E-state index is 13.1. The predicted molar refractivity (Wildman–Crippen MR) is 120 cm³/mol. The molecule has 170 valence electrons. The van der Waals surface area contributed by atoms with Crippen molar-refractivity contribution in [3.05, 3.63) is 52.6 Å². The van der Waals surface area contributed by atoms with Crippen molar-refractivity contribution in [2.75, 3.05) is 49.1 Å². The lowest BCUT2D eigenvalue weighted by molar-refractivity contribution is -0.384. The molecular formula is C22H22N6O5. The van der Waals surface area contributed by atoms with E-state index in [0.717, 1.165) is 29.9 Å². The highest BCUT2D eigenvalue weighted by Gasteiger charge is 2.31. The number of benzene rings is 2. The van der Waals surface area contributed by atoms with Crippen LogP contribution in [-0.4, -0.2) is 70.9 Å². The van der Waals surface area contributed by atoms with Crippen LogP contribution < -0.4 is 14.5 Å². The van der Waals surface area contributed by atoms with Crippen molar-refractivity contribution < 1.29 is 19.2 Å². The zero-order valence-electron chi connectivity index (χ0n) is 17.8. The lowest BCUT2D eigenvalue weighted by Crippen LogP contribution is -2.47. The minimum atomic E-state index is -0.541. The summed E-state index contributed by atoms with van der Waals surface area (Å²) in [7, 11) is 0. The summed E-state index contributed by atoms with van der Waals surface area (Å²) in [4.78, 5) is 49.3. The second-order valence-corrected chi connectivity index (χ2v) is 7.98. The molecule has 0 radical (unpaired) electrons. The molecular weight excluding hydrogens is 428 g/mol. The van der Waals surface area contributed by atoms with Crippen LogP contribution in [-0.2, 0) is 9.59 Å². The molecule has 0 saturated carbocycles. The number of aromatic nitrogens is 2. The highest BCUT2D eigenvalue weighted by molar-refractivity contribution is 6.02. The SMILES string of the molecule is O=C(CN1C(=O)COc2ccc([N+](=O)[O-])cc21)N1CCCN(c2nc3ccccc3[nH]2)CC1. The van der Waals surface area contributed by atoms with E-state index in [-0.39, 0.29) is 30.4 Å². The molecule has 3 heterocycles. The van der Waals surface area contributed by atoms with Crippen molar-refractivity contribution in [3.8, 4) is 5.75 Å². The molecule has 0 aliphatic carbocycles. The number of hydrogen-bond acceptors (Lipinski definition) is 7. The smallest absolute Gasteiger partial charge is 0.271 e. The highest BCUT2D eigenvalue weighted by Crippen LogP contribution is 2.35. The van der Waals surface area contributed by atoms with Gasteiger partial charge in [0.2, 0.25) is 11.9 Å². The second-order valence-electron chi connectivity index (χ2n) is 7.98. The van der Waals surface area contributed by atoms with Crippen LogP contribution in [0.5, 0.6) is 5.75 Å². The topological polar surface area (TPSA) is 125 Å². The average Bonchev–Trinajstić information content (AvgIpc) is 3.09. The van der Waals surface area contributed by atoms with Gasteiger partial charge in [-0.05, 0) is 24.6 Å². The number of nitro groups is 1. The number of non-ortho nitro benzene ring substituents is 1. The summed E-state index contributed by atoms with van der Waals surface area (Å²) in [5.74, 6) is 0.499. The Morgan fingerprint density at radius 2 is 2.00 bits per heavy atom. The number of hydrogen-bond donors (Lipinski definition) is 1. The molecule has 0 bridgehead atoms. The first-order chi connectivity index (χ1) is 16.0. The van der Waals surface area contributed by atoms with E-state index in [1.165, 1.54) is 23.1 Å². The minimum Gasteiger partial charge on any atom is -0.482 e. The largest absolute Gasteiger partial charge is 0.482 e. The molecule has 1 aromatic heterocycles. The van der Waals surface area contributed by atoms with Crippen molar-refractivity contribution in [1.82, 2.24) is 14.9 Å². The summed E-state index contributed by atoms with van der Waals surface area (Å²) in [6.45, 7) is 1.98. The number of H-pyrrole nitrogens is 1. The molecule has 5 rings (SSSR count). The van der Waals surface area contributed by atoms with Gasteiger partial charge >= 0.3 is 0 Å². The Morgan fingerprint density at radius 3 is 2.82 bits per heavy atom. The van der Waals surface area contributed by atoms with Crippen LogP contribution in [0.15, 0.2) is 42.5 Å². The maximum Gasteiger partial charge on any atom is 0.271 e. The number of amides is 2. The van der Waals surface area contributed by atoms with E-state index in [0.29, 0.717) is 25.4 Å². The lowest BCUT2D eigenvalue weighted by atomic mass is 10.2. The Morgan fingerprint density at radius 1 is 1.15 bits per heavy atom. The van der Waals surface area contributed by atoms with Crippen molar-refractivity contribution in [1.29, 1.82) is 0 Å². The number of nitrogens with one attached hydrogen (secondary N) is 1. The number of fused-ring (bicyclic) bond motifs is 2. The van der Waals surface area contributed by atoms with Gasteiger partial charge in [-0.25, -0.2) is 4.98 Å². The third-order valence-electron chi connectivity index (χ3n) is 5.91. The molecule has 0 spiro atoms. The van der Waals surface area contributed by atoms with E-state index in [4.69, 9.17) is 4.74 Å². The number of imidazole rings is 1. The molecule has 1 fully saturated rings. The van der Waals surface area contributed by atoms with Crippen LogP contribution in [0.25, 0.3) is 11.0 Å². The molecule has 1 N–H and O–H groups in total. The molecule has 1 saturated heterocycles. The number of nitrogens with zero attached hydrogens (tertiary/aromatic N) is 5. The highest BCUT2D eigenvalue weighted by atomic mass is 16.6. The van der Waals surface area contributed by atoms with E-state index in [2.05, 4.69) is 14.9 Å². The number of rotatable bonds is 4. The van der Waals surface area contributed by atoms with Crippen molar-refractivity contribution in [3.63, 3.8) is 0 Å². The maximum absolute atomic E-state index is 13.1. The van der Waals surface area contributed by atoms with Gasteiger partial charge in [-0.3, -0.25) is 24.6 Å². The van der Waals surface area contributed by atoms with Gasteiger partial charge in [0, 0.05) is 38.3 Å². The minimum absolute atomic E-state index is 0.166. The van der Waals surface area contributed by atoms with Gasteiger partial charge < -0.3 is 19.5 Å². The third-order valence-corrected chi connectivity index (χ3v) is 5.91. The number of carbonyl (C=O) groups is 2. The zero-order chi connectivity index (χ0) is 22.9. The summed E-state index contributed by atoms with van der Waals surface area (Å²) in [6, 6.07) is 11.9. The Balaban J connectivity index is 1.29. The van der Waals surface area contributed by atoms with E-state index in [1.54, 1.807) is 4.90 Å². The number of carbonyl (C=O) groups excluding carboxylic acids is 2. The van der Waals surface area contributed by atoms with Crippen LogP contribution >= 0.6 is 0 Å². The average molecular weight is 450 g/mol. The van der Waals surface area contributed by atoms with Crippen LogP contribution in [0.2, 0.25) is 0 Å². The Bertz CT molecular complexity index is 1210. The Hall–Kier alpha value is -4.15. The van der Waals surface area contributed by atoms with Gasteiger partial charge in [0.1, 0.15) is 12.3 Å². The quantitative estimate of drug-likeness (QED) is 0.476. The van der Waals surface area contributed by atoms with E-state index in [1.807, 2.05) is 24.3 Å². The summed E-state index contributed by atoms with van der Waals surface area (Å²) >= 11 is 0. The van der Waals surface area contributed by atoms with Crippen LogP contribution in [0, 0.1) is 10.1 Å². The fourth-order valence-corrected chi connectivity index (χ4v) is 4.18. The zero-order valence-corrected chi connectivity index (χ0v) is 17.8. The van der Waals surface area contributed by atoms with Crippen molar-refractivity contribution >= 4 is 40.2 Å². The molecule has 2 amide bonds. The molecule has 2 aliphatic heterocycles. The first kappa shape index (κ1) is 20.7. The van der Waals surface area contributed by atoms with E-state index < -0.39 is 10.8 Å². The van der Waals surface area contributed by atoms with Gasteiger partial charge in [0.15, 0.2) is 6.61 Å². The first-order valence-corrected chi connectivity index (χ1v) is 10.7. The van der Waals surface area contributed by atoms with E-state index >= 15 is 0 Å². The monoisotopic (exact) mass is 450 g/mol. The van der Waals surface area contributed by atoms with Crippen LogP contribution in [0.1, 0.15) is 6.42 Å².